The van der Waals surface area contributed by atoms with Gasteiger partial charge < -0.3 is 5.32 Å². The Morgan fingerprint density at radius 2 is 1.93 bits per heavy atom. The van der Waals surface area contributed by atoms with Crippen molar-refractivity contribution >= 4 is 16.9 Å². The van der Waals surface area contributed by atoms with Gasteiger partial charge in [0, 0.05) is 18.7 Å². The zero-order chi connectivity index (χ0) is 18.6. The number of nitrogens with zero attached hydrogens (tertiary/aromatic N) is 6. The summed E-state index contributed by atoms with van der Waals surface area (Å²) in [5, 5.41) is 15.2. The summed E-state index contributed by atoms with van der Waals surface area (Å²) in [6.07, 6.45) is 3.20. The van der Waals surface area contributed by atoms with Gasteiger partial charge in [-0.15, -0.1) is 5.10 Å². The number of carbonyl (C=O) groups is 1. The highest BCUT2D eigenvalue weighted by Gasteiger charge is 2.09. The summed E-state index contributed by atoms with van der Waals surface area (Å²) in [7, 11) is 0. The molecule has 0 bridgehead atoms. The van der Waals surface area contributed by atoms with E-state index in [9.17, 15) is 4.79 Å². The van der Waals surface area contributed by atoms with E-state index in [0.717, 1.165) is 28.7 Å². The van der Waals surface area contributed by atoms with Gasteiger partial charge in [0.15, 0.2) is 0 Å². The monoisotopic (exact) mass is 361 g/mol. The number of hydrogen-bond donors (Lipinski definition) is 1. The highest BCUT2D eigenvalue weighted by Crippen LogP contribution is 2.14. The summed E-state index contributed by atoms with van der Waals surface area (Å²) >= 11 is 0. The van der Waals surface area contributed by atoms with Gasteiger partial charge in [-0.25, -0.2) is 14.3 Å². The fourth-order valence-electron chi connectivity index (χ4n) is 2.90. The molecule has 0 aliphatic rings. The van der Waals surface area contributed by atoms with E-state index in [1.807, 2.05) is 37.3 Å². The van der Waals surface area contributed by atoms with Crippen LogP contribution in [0.1, 0.15) is 28.4 Å². The molecule has 2 heterocycles. The van der Waals surface area contributed by atoms with Crippen LogP contribution in [0.4, 0.5) is 0 Å². The molecule has 8 nitrogen and oxygen atoms in total. The third kappa shape index (κ3) is 3.69. The van der Waals surface area contributed by atoms with Crippen LogP contribution >= 0.6 is 0 Å². The molecule has 0 spiro atoms. The number of aryl methyl sites for hydroxylation is 1. The fraction of sp³-hybridized carbons (Fsp3) is 0.211. The van der Waals surface area contributed by atoms with Crippen molar-refractivity contribution in [3.63, 3.8) is 0 Å². The molecular formula is C19H19N7O. The molecule has 0 fully saturated rings. The van der Waals surface area contributed by atoms with Gasteiger partial charge >= 0.3 is 0 Å². The Bertz CT molecular complexity index is 1050. The molecule has 0 saturated carbocycles. The number of aromatic nitrogens is 6. The molecule has 27 heavy (non-hydrogen) atoms. The number of nitrogens with one attached hydrogen (secondary N) is 1. The van der Waals surface area contributed by atoms with Crippen LogP contribution < -0.4 is 5.32 Å². The second kappa shape index (κ2) is 7.36. The SMILES string of the molecule is CCn1nnc2cc(C(=O)NCc3ccc(Cn4cncn4)cc3)ccc21. The molecule has 1 N–H and O–H groups in total. The number of benzene rings is 2. The molecule has 136 valence electrons. The van der Waals surface area contributed by atoms with E-state index in [2.05, 4.69) is 25.7 Å². The van der Waals surface area contributed by atoms with Gasteiger partial charge in [0.2, 0.25) is 0 Å². The minimum absolute atomic E-state index is 0.130. The van der Waals surface area contributed by atoms with E-state index < -0.39 is 0 Å². The second-order valence-corrected chi connectivity index (χ2v) is 6.20. The zero-order valence-electron chi connectivity index (χ0n) is 14.9. The Hall–Kier alpha value is -3.55. The lowest BCUT2D eigenvalue weighted by Crippen LogP contribution is -2.22. The zero-order valence-corrected chi connectivity index (χ0v) is 14.9. The van der Waals surface area contributed by atoms with Crippen molar-refractivity contribution in [3.8, 4) is 0 Å². The van der Waals surface area contributed by atoms with Crippen molar-refractivity contribution in [3.05, 3.63) is 71.8 Å². The van der Waals surface area contributed by atoms with Gasteiger partial charge in [-0.2, -0.15) is 5.10 Å². The van der Waals surface area contributed by atoms with Crippen LogP contribution in [0.15, 0.2) is 55.1 Å². The number of rotatable bonds is 6. The number of hydrogen-bond acceptors (Lipinski definition) is 5. The van der Waals surface area contributed by atoms with Crippen LogP contribution in [0.3, 0.4) is 0 Å². The van der Waals surface area contributed by atoms with Crippen LogP contribution in [0.2, 0.25) is 0 Å². The van der Waals surface area contributed by atoms with Gasteiger partial charge in [0.05, 0.1) is 12.1 Å². The lowest BCUT2D eigenvalue weighted by molar-refractivity contribution is 0.0951. The lowest BCUT2D eigenvalue weighted by Gasteiger charge is -2.07. The lowest BCUT2D eigenvalue weighted by atomic mass is 10.1. The Balaban J connectivity index is 1.38. The highest BCUT2D eigenvalue weighted by atomic mass is 16.1. The minimum Gasteiger partial charge on any atom is -0.348 e. The molecular weight excluding hydrogens is 342 g/mol. The summed E-state index contributed by atoms with van der Waals surface area (Å²) in [5.74, 6) is -0.130. The number of carbonyl (C=O) groups excluding carboxylic acids is 1. The van der Waals surface area contributed by atoms with Gasteiger partial charge in [-0.05, 0) is 36.2 Å². The van der Waals surface area contributed by atoms with Crippen LogP contribution in [0, 0.1) is 0 Å². The first kappa shape index (κ1) is 16.9. The molecule has 4 rings (SSSR count). The van der Waals surface area contributed by atoms with E-state index in [0.29, 0.717) is 18.7 Å². The third-order valence-corrected chi connectivity index (χ3v) is 4.36. The standard InChI is InChI=1S/C19H19N7O/c1-2-26-18-8-7-16(9-17(18)23-24-26)19(27)21-10-14-3-5-15(6-4-14)11-25-13-20-12-22-25/h3-9,12-13H,2,10-11H2,1H3,(H,21,27). The maximum atomic E-state index is 12.4. The maximum absolute atomic E-state index is 12.4. The smallest absolute Gasteiger partial charge is 0.251 e. The summed E-state index contributed by atoms with van der Waals surface area (Å²) in [4.78, 5) is 16.4. The Labute approximate surface area is 155 Å². The van der Waals surface area contributed by atoms with Crippen molar-refractivity contribution in [2.45, 2.75) is 26.6 Å². The molecule has 0 unspecified atom stereocenters. The summed E-state index contributed by atoms with van der Waals surface area (Å²) in [6, 6.07) is 13.5. The van der Waals surface area contributed by atoms with Crippen LogP contribution in [-0.4, -0.2) is 35.7 Å². The molecule has 4 aromatic rings. The first-order valence-corrected chi connectivity index (χ1v) is 8.74. The minimum atomic E-state index is -0.130. The average molecular weight is 361 g/mol. The molecule has 0 aliphatic carbocycles. The normalized spacial score (nSPS) is 11.0. The molecule has 0 aliphatic heterocycles. The molecule has 0 radical (unpaired) electrons. The third-order valence-electron chi connectivity index (χ3n) is 4.36. The number of fused-ring (bicyclic) bond motifs is 1. The van der Waals surface area contributed by atoms with Gasteiger partial charge in [-0.3, -0.25) is 4.79 Å². The predicted octanol–water partition coefficient (Wildman–Crippen LogP) is 2.02. The van der Waals surface area contributed by atoms with Crippen molar-refractivity contribution in [2.24, 2.45) is 0 Å². The molecule has 1 amide bonds. The van der Waals surface area contributed by atoms with Crippen LogP contribution in [0.5, 0.6) is 0 Å². The Kier molecular flexibility index (Phi) is 4.61. The first-order chi connectivity index (χ1) is 13.2. The molecule has 0 saturated heterocycles. The largest absolute Gasteiger partial charge is 0.348 e. The predicted molar refractivity (Wildman–Crippen MR) is 99.9 cm³/mol. The van der Waals surface area contributed by atoms with Crippen molar-refractivity contribution in [1.82, 2.24) is 35.1 Å². The number of amides is 1. The highest BCUT2D eigenvalue weighted by molar-refractivity contribution is 5.97. The summed E-state index contributed by atoms with van der Waals surface area (Å²) in [6.45, 7) is 3.88. The Morgan fingerprint density at radius 3 is 2.67 bits per heavy atom. The van der Waals surface area contributed by atoms with Crippen LogP contribution in [-0.2, 0) is 19.6 Å². The van der Waals surface area contributed by atoms with Gasteiger partial charge in [-0.1, -0.05) is 29.5 Å². The van der Waals surface area contributed by atoms with E-state index in [-0.39, 0.29) is 5.91 Å². The topological polar surface area (TPSA) is 90.5 Å². The van der Waals surface area contributed by atoms with Crippen molar-refractivity contribution in [1.29, 1.82) is 0 Å². The van der Waals surface area contributed by atoms with E-state index in [4.69, 9.17) is 0 Å². The fourth-order valence-corrected chi connectivity index (χ4v) is 2.90. The van der Waals surface area contributed by atoms with E-state index in [1.54, 1.807) is 27.8 Å². The molecule has 8 heteroatoms. The molecule has 2 aromatic heterocycles. The maximum Gasteiger partial charge on any atom is 0.251 e. The quantitative estimate of drug-likeness (QED) is 0.567. The Morgan fingerprint density at radius 1 is 1.11 bits per heavy atom. The van der Waals surface area contributed by atoms with E-state index in [1.165, 1.54) is 6.33 Å². The molecule has 0 atom stereocenters. The van der Waals surface area contributed by atoms with Crippen LogP contribution in [0.25, 0.3) is 11.0 Å². The summed E-state index contributed by atoms with van der Waals surface area (Å²) in [5.41, 5.74) is 4.39. The van der Waals surface area contributed by atoms with Gasteiger partial charge in [0.25, 0.3) is 5.91 Å². The first-order valence-electron chi connectivity index (χ1n) is 8.74. The summed E-state index contributed by atoms with van der Waals surface area (Å²) < 4.78 is 3.57. The van der Waals surface area contributed by atoms with E-state index >= 15 is 0 Å². The second-order valence-electron chi connectivity index (χ2n) is 6.20. The molecule has 2 aromatic carbocycles. The average Bonchev–Trinajstić information content (AvgIpc) is 3.36. The van der Waals surface area contributed by atoms with Gasteiger partial charge in [0.1, 0.15) is 18.2 Å². The van der Waals surface area contributed by atoms with Crippen molar-refractivity contribution < 1.29 is 4.79 Å². The van der Waals surface area contributed by atoms with Crippen molar-refractivity contribution in [2.75, 3.05) is 0 Å².